The number of anilines is 1. The normalized spacial score (nSPS) is 15.0. The summed E-state index contributed by atoms with van der Waals surface area (Å²) in [6.45, 7) is 2.28. The van der Waals surface area contributed by atoms with Gasteiger partial charge in [0, 0.05) is 0 Å². The van der Waals surface area contributed by atoms with Crippen LogP contribution in [0.5, 0.6) is 5.75 Å². The lowest BCUT2D eigenvalue weighted by atomic mass is 10.1. The lowest BCUT2D eigenvalue weighted by molar-refractivity contribution is -0.122. The minimum Gasteiger partial charge on any atom is -0.488 e. The Labute approximate surface area is 209 Å². The molecule has 172 valence electrons. The fourth-order valence-electron chi connectivity index (χ4n) is 3.40. The Morgan fingerprint density at radius 1 is 0.971 bits per heavy atom. The summed E-state index contributed by atoms with van der Waals surface area (Å²) in [6, 6.07) is 17.5. The number of imide groups is 2. The van der Waals surface area contributed by atoms with Gasteiger partial charge in [-0.15, -0.1) is 0 Å². The molecule has 0 spiro atoms. The highest BCUT2D eigenvalue weighted by Gasteiger charge is 2.36. The summed E-state index contributed by atoms with van der Waals surface area (Å²) >= 11 is 2.10. The summed E-state index contributed by atoms with van der Waals surface area (Å²) in [7, 11) is 0. The number of amides is 4. The van der Waals surface area contributed by atoms with E-state index in [9.17, 15) is 18.8 Å². The zero-order chi connectivity index (χ0) is 24.2. The van der Waals surface area contributed by atoms with Gasteiger partial charge in [-0.1, -0.05) is 37.3 Å². The highest BCUT2D eigenvalue weighted by molar-refractivity contribution is 14.1. The molecular weight excluding hydrogens is 550 g/mol. The van der Waals surface area contributed by atoms with Gasteiger partial charge in [-0.2, -0.15) is 0 Å². The molecule has 4 rings (SSSR count). The molecule has 0 bridgehead atoms. The van der Waals surface area contributed by atoms with Crippen molar-refractivity contribution in [3.8, 4) is 5.75 Å². The van der Waals surface area contributed by atoms with Gasteiger partial charge in [-0.3, -0.25) is 14.9 Å². The molecule has 1 heterocycles. The van der Waals surface area contributed by atoms with Crippen molar-refractivity contribution in [3.05, 3.63) is 98.4 Å². The first-order chi connectivity index (χ1) is 16.4. The standard InChI is InChI=1S/C26H20FIN2O4/c1-2-16-5-10-20(11-6-16)30-25(32)21(24(31)29-26(30)33)13-18-7-12-23(22(28)14-18)34-15-17-3-8-19(27)9-4-17/h3-14H,2,15H2,1H3,(H,29,31,33)/b21-13-. The quantitative estimate of drug-likeness (QED) is 0.250. The Hall–Kier alpha value is -3.53. The predicted molar refractivity (Wildman–Crippen MR) is 135 cm³/mol. The largest absolute Gasteiger partial charge is 0.488 e. The van der Waals surface area contributed by atoms with E-state index >= 15 is 0 Å². The summed E-state index contributed by atoms with van der Waals surface area (Å²) in [5, 5.41) is 2.23. The maximum absolute atomic E-state index is 13.1. The second kappa shape index (κ2) is 10.2. The first kappa shape index (κ1) is 23.6. The van der Waals surface area contributed by atoms with E-state index < -0.39 is 17.8 Å². The molecule has 1 aliphatic heterocycles. The van der Waals surface area contributed by atoms with Crippen LogP contribution in [0, 0.1) is 9.39 Å². The topological polar surface area (TPSA) is 75.7 Å². The van der Waals surface area contributed by atoms with Crippen molar-refractivity contribution >= 4 is 52.2 Å². The zero-order valence-corrected chi connectivity index (χ0v) is 20.3. The Kier molecular flexibility index (Phi) is 7.06. The number of ether oxygens (including phenoxy) is 1. The van der Waals surface area contributed by atoms with Crippen molar-refractivity contribution in [3.63, 3.8) is 0 Å². The van der Waals surface area contributed by atoms with Gasteiger partial charge in [-0.25, -0.2) is 14.1 Å². The number of halogens is 2. The SMILES string of the molecule is CCc1ccc(N2C(=O)NC(=O)/C(=C/c3ccc(OCc4ccc(F)cc4)c(I)c3)C2=O)cc1. The molecular formula is C26H20FIN2O4. The number of nitrogens with one attached hydrogen (secondary N) is 1. The van der Waals surface area contributed by atoms with Gasteiger partial charge >= 0.3 is 6.03 Å². The van der Waals surface area contributed by atoms with Crippen molar-refractivity contribution < 1.29 is 23.5 Å². The highest BCUT2D eigenvalue weighted by Crippen LogP contribution is 2.26. The van der Waals surface area contributed by atoms with Crippen LogP contribution in [0.3, 0.4) is 0 Å². The van der Waals surface area contributed by atoms with Crippen molar-refractivity contribution in [2.24, 2.45) is 0 Å². The van der Waals surface area contributed by atoms with E-state index in [2.05, 4.69) is 27.9 Å². The molecule has 1 aliphatic rings. The Bertz CT molecular complexity index is 1290. The van der Waals surface area contributed by atoms with Crippen LogP contribution in [0.25, 0.3) is 6.08 Å². The molecule has 0 unspecified atom stereocenters. The van der Waals surface area contributed by atoms with Gasteiger partial charge in [0.05, 0.1) is 9.26 Å². The summed E-state index contributed by atoms with van der Waals surface area (Å²) in [4.78, 5) is 38.8. The van der Waals surface area contributed by atoms with Gasteiger partial charge < -0.3 is 4.74 Å². The lowest BCUT2D eigenvalue weighted by Crippen LogP contribution is -2.54. The highest BCUT2D eigenvalue weighted by atomic mass is 127. The number of rotatable bonds is 6. The number of carbonyl (C=O) groups excluding carboxylic acids is 3. The molecule has 4 amide bonds. The number of benzene rings is 3. The first-order valence-corrected chi connectivity index (χ1v) is 11.6. The van der Waals surface area contributed by atoms with E-state index in [1.54, 1.807) is 42.5 Å². The minimum absolute atomic E-state index is 0.144. The number of hydrogen-bond donors (Lipinski definition) is 1. The molecule has 6 nitrogen and oxygen atoms in total. The Morgan fingerprint density at radius 2 is 1.65 bits per heavy atom. The van der Waals surface area contributed by atoms with E-state index in [0.717, 1.165) is 26.0 Å². The Balaban J connectivity index is 1.54. The van der Waals surface area contributed by atoms with E-state index in [1.165, 1.54) is 18.2 Å². The third-order valence-electron chi connectivity index (χ3n) is 5.28. The van der Waals surface area contributed by atoms with Crippen LogP contribution in [0.15, 0.2) is 72.3 Å². The van der Waals surface area contributed by atoms with E-state index in [0.29, 0.717) is 17.0 Å². The van der Waals surface area contributed by atoms with Crippen LogP contribution in [0.2, 0.25) is 0 Å². The van der Waals surface area contributed by atoms with E-state index in [-0.39, 0.29) is 18.0 Å². The van der Waals surface area contributed by atoms with Gasteiger partial charge in [0.25, 0.3) is 11.8 Å². The van der Waals surface area contributed by atoms with Gasteiger partial charge in [0.2, 0.25) is 0 Å². The second-order valence-electron chi connectivity index (χ2n) is 7.58. The van der Waals surface area contributed by atoms with Crippen LogP contribution in [-0.4, -0.2) is 17.8 Å². The first-order valence-electron chi connectivity index (χ1n) is 10.5. The molecule has 0 atom stereocenters. The predicted octanol–water partition coefficient (Wildman–Crippen LogP) is 5.24. The van der Waals surface area contributed by atoms with Crippen molar-refractivity contribution in [1.82, 2.24) is 5.32 Å². The molecule has 34 heavy (non-hydrogen) atoms. The van der Waals surface area contributed by atoms with E-state index in [4.69, 9.17) is 4.74 Å². The molecule has 3 aromatic carbocycles. The second-order valence-corrected chi connectivity index (χ2v) is 8.75. The maximum atomic E-state index is 13.1. The van der Waals surface area contributed by atoms with Crippen LogP contribution in [0.4, 0.5) is 14.9 Å². The monoisotopic (exact) mass is 570 g/mol. The Morgan fingerprint density at radius 3 is 2.29 bits per heavy atom. The number of barbiturate groups is 1. The summed E-state index contributed by atoms with van der Waals surface area (Å²) in [5.41, 5.74) is 2.74. The molecule has 8 heteroatoms. The smallest absolute Gasteiger partial charge is 0.335 e. The molecule has 0 radical (unpaired) electrons. The van der Waals surface area contributed by atoms with Gasteiger partial charge in [0.1, 0.15) is 23.7 Å². The van der Waals surface area contributed by atoms with Crippen molar-refractivity contribution in [1.29, 1.82) is 0 Å². The molecule has 1 saturated heterocycles. The third-order valence-corrected chi connectivity index (χ3v) is 6.12. The van der Waals surface area contributed by atoms with Crippen LogP contribution >= 0.6 is 22.6 Å². The van der Waals surface area contributed by atoms with E-state index in [1.807, 2.05) is 19.1 Å². The number of aryl methyl sites for hydroxylation is 1. The minimum atomic E-state index is -0.782. The molecule has 0 aliphatic carbocycles. The number of carbonyl (C=O) groups is 3. The summed E-state index contributed by atoms with van der Waals surface area (Å²) in [6.07, 6.45) is 2.27. The number of hydrogen-bond acceptors (Lipinski definition) is 4. The molecule has 1 N–H and O–H groups in total. The fourth-order valence-corrected chi connectivity index (χ4v) is 4.10. The molecule has 1 fully saturated rings. The molecule has 0 aromatic heterocycles. The lowest BCUT2D eigenvalue weighted by Gasteiger charge is -2.26. The number of urea groups is 1. The van der Waals surface area contributed by atoms with Crippen LogP contribution in [0.1, 0.15) is 23.6 Å². The van der Waals surface area contributed by atoms with Gasteiger partial charge in [0.15, 0.2) is 0 Å². The van der Waals surface area contributed by atoms with Crippen molar-refractivity contribution in [2.75, 3.05) is 4.90 Å². The number of nitrogens with zero attached hydrogens (tertiary/aromatic N) is 1. The average molecular weight is 570 g/mol. The molecule has 0 saturated carbocycles. The maximum Gasteiger partial charge on any atom is 0.335 e. The summed E-state index contributed by atoms with van der Waals surface area (Å²) in [5.74, 6) is -1.14. The van der Waals surface area contributed by atoms with Crippen molar-refractivity contribution in [2.45, 2.75) is 20.0 Å². The zero-order valence-electron chi connectivity index (χ0n) is 18.2. The van der Waals surface area contributed by atoms with Gasteiger partial charge in [-0.05, 0) is 88.2 Å². The third kappa shape index (κ3) is 5.17. The van der Waals surface area contributed by atoms with Crippen LogP contribution < -0.4 is 15.0 Å². The fraction of sp³-hybridized carbons (Fsp3) is 0.115. The average Bonchev–Trinajstić information content (AvgIpc) is 2.82. The van der Waals surface area contributed by atoms with Crippen LogP contribution in [-0.2, 0) is 22.6 Å². The summed E-state index contributed by atoms with van der Waals surface area (Å²) < 4.78 is 19.6. The molecule has 3 aromatic rings.